The zero-order valence-corrected chi connectivity index (χ0v) is 15.6. The molecule has 1 N–H and O–H groups in total. The van der Waals surface area contributed by atoms with Crippen LogP contribution >= 0.6 is 23.2 Å². The van der Waals surface area contributed by atoms with Crippen LogP contribution in [0.4, 0.5) is 0 Å². The van der Waals surface area contributed by atoms with Gasteiger partial charge in [-0.2, -0.15) is 0 Å². The largest absolute Gasteiger partial charge is 0.497 e. The van der Waals surface area contributed by atoms with E-state index in [0.29, 0.717) is 22.3 Å². The number of carbonyl (C=O) groups is 1. The maximum Gasteiger partial charge on any atom is 0.258 e. The van der Waals surface area contributed by atoms with Crippen LogP contribution < -0.4 is 19.5 Å². The first-order valence-electron chi connectivity index (χ1n) is 7.54. The number of rotatable bonds is 7. The fourth-order valence-corrected chi connectivity index (χ4v) is 2.62. The SMILES string of the molecule is COc1ccc(OC)c([C@H](C)NC(=O)COc2cccc(Cl)c2Cl)c1. The summed E-state index contributed by atoms with van der Waals surface area (Å²) in [6.07, 6.45) is 0. The molecular formula is C18H19Cl2NO4. The molecule has 2 rings (SSSR count). The van der Waals surface area contributed by atoms with Crippen molar-refractivity contribution in [3.05, 3.63) is 52.0 Å². The molecule has 0 fully saturated rings. The summed E-state index contributed by atoms with van der Waals surface area (Å²) in [5.41, 5.74) is 0.802. The highest BCUT2D eigenvalue weighted by Crippen LogP contribution is 2.32. The van der Waals surface area contributed by atoms with Crippen LogP contribution in [0.25, 0.3) is 0 Å². The monoisotopic (exact) mass is 383 g/mol. The Balaban J connectivity index is 2.01. The Labute approximate surface area is 156 Å². The average Bonchev–Trinajstić information content (AvgIpc) is 2.62. The summed E-state index contributed by atoms with van der Waals surface area (Å²) >= 11 is 11.9. The van der Waals surface area contributed by atoms with Gasteiger partial charge in [-0.05, 0) is 37.3 Å². The zero-order chi connectivity index (χ0) is 18.4. The predicted octanol–water partition coefficient (Wildman–Crippen LogP) is 4.27. The van der Waals surface area contributed by atoms with Gasteiger partial charge in [0, 0.05) is 5.56 Å². The minimum absolute atomic E-state index is 0.184. The van der Waals surface area contributed by atoms with Gasteiger partial charge in [-0.25, -0.2) is 0 Å². The molecule has 0 unspecified atom stereocenters. The molecule has 1 amide bonds. The molecule has 1 atom stereocenters. The maximum atomic E-state index is 12.2. The smallest absolute Gasteiger partial charge is 0.258 e. The molecule has 0 bridgehead atoms. The van der Waals surface area contributed by atoms with E-state index in [4.69, 9.17) is 37.4 Å². The van der Waals surface area contributed by atoms with E-state index < -0.39 is 0 Å². The average molecular weight is 384 g/mol. The summed E-state index contributed by atoms with van der Waals surface area (Å²) in [4.78, 5) is 12.2. The van der Waals surface area contributed by atoms with Gasteiger partial charge in [0.15, 0.2) is 6.61 Å². The highest BCUT2D eigenvalue weighted by atomic mass is 35.5. The second-order valence-corrected chi connectivity index (χ2v) is 6.02. The molecule has 0 radical (unpaired) electrons. The number of nitrogens with one attached hydrogen (secondary N) is 1. The number of carbonyl (C=O) groups excluding carboxylic acids is 1. The van der Waals surface area contributed by atoms with Crippen LogP contribution in [0, 0.1) is 0 Å². The van der Waals surface area contributed by atoms with Gasteiger partial charge in [0.1, 0.15) is 22.3 Å². The standard InChI is InChI=1S/C18H19Cl2NO4/c1-11(13-9-12(23-2)7-8-15(13)24-3)21-17(22)10-25-16-6-4-5-14(19)18(16)20/h4-9,11H,10H2,1-3H3,(H,21,22)/t11-/m0/s1. The topological polar surface area (TPSA) is 56.8 Å². The van der Waals surface area contributed by atoms with Crippen molar-refractivity contribution in [1.82, 2.24) is 5.32 Å². The Morgan fingerprint density at radius 2 is 1.88 bits per heavy atom. The van der Waals surface area contributed by atoms with Crippen LogP contribution in [-0.2, 0) is 4.79 Å². The molecule has 2 aromatic carbocycles. The molecule has 2 aromatic rings. The Kier molecular flexibility index (Phi) is 6.79. The van der Waals surface area contributed by atoms with E-state index in [0.717, 1.165) is 5.56 Å². The second-order valence-electron chi connectivity index (χ2n) is 5.24. The number of amides is 1. The first kappa shape index (κ1) is 19.2. The fraction of sp³-hybridized carbons (Fsp3) is 0.278. The van der Waals surface area contributed by atoms with Gasteiger partial charge in [-0.1, -0.05) is 29.3 Å². The van der Waals surface area contributed by atoms with Crippen molar-refractivity contribution >= 4 is 29.1 Å². The lowest BCUT2D eigenvalue weighted by molar-refractivity contribution is -0.123. The van der Waals surface area contributed by atoms with Crippen LogP contribution in [0.2, 0.25) is 10.0 Å². The fourth-order valence-electron chi connectivity index (χ4n) is 2.28. The zero-order valence-electron chi connectivity index (χ0n) is 14.1. The van der Waals surface area contributed by atoms with Gasteiger partial charge in [-0.3, -0.25) is 4.79 Å². The molecule has 7 heteroatoms. The summed E-state index contributed by atoms with van der Waals surface area (Å²) < 4.78 is 16.0. The molecule has 0 spiro atoms. The molecule has 134 valence electrons. The number of halogens is 2. The number of ether oxygens (including phenoxy) is 3. The van der Waals surface area contributed by atoms with Gasteiger partial charge in [0.25, 0.3) is 5.91 Å². The Morgan fingerprint density at radius 3 is 2.56 bits per heavy atom. The van der Waals surface area contributed by atoms with Crippen LogP contribution in [0.3, 0.4) is 0 Å². The van der Waals surface area contributed by atoms with Crippen molar-refractivity contribution in [2.24, 2.45) is 0 Å². The third kappa shape index (κ3) is 4.94. The summed E-state index contributed by atoms with van der Waals surface area (Å²) in [6.45, 7) is 1.66. The summed E-state index contributed by atoms with van der Waals surface area (Å²) in [6, 6.07) is 10.1. The van der Waals surface area contributed by atoms with Crippen LogP contribution in [0.5, 0.6) is 17.2 Å². The summed E-state index contributed by atoms with van der Waals surface area (Å²) in [5, 5.41) is 3.50. The Bertz CT molecular complexity index is 752. The third-order valence-corrected chi connectivity index (χ3v) is 4.36. The van der Waals surface area contributed by atoms with Crippen molar-refractivity contribution in [1.29, 1.82) is 0 Å². The van der Waals surface area contributed by atoms with Gasteiger partial charge >= 0.3 is 0 Å². The Hall–Kier alpha value is -2.11. The van der Waals surface area contributed by atoms with Crippen molar-refractivity contribution < 1.29 is 19.0 Å². The highest BCUT2D eigenvalue weighted by Gasteiger charge is 2.16. The third-order valence-electron chi connectivity index (χ3n) is 3.56. The van der Waals surface area contributed by atoms with Crippen LogP contribution in [-0.4, -0.2) is 26.7 Å². The molecule has 0 aliphatic rings. The van der Waals surface area contributed by atoms with Crippen LogP contribution in [0.15, 0.2) is 36.4 Å². The van der Waals surface area contributed by atoms with Crippen LogP contribution in [0.1, 0.15) is 18.5 Å². The number of hydrogen-bond acceptors (Lipinski definition) is 4. The second kappa shape index (κ2) is 8.83. The number of methoxy groups -OCH3 is 2. The number of benzene rings is 2. The molecule has 0 heterocycles. The van der Waals surface area contributed by atoms with Gasteiger partial charge < -0.3 is 19.5 Å². The first-order chi connectivity index (χ1) is 12.0. The van der Waals surface area contributed by atoms with E-state index in [1.807, 2.05) is 13.0 Å². The van der Waals surface area contributed by atoms with E-state index >= 15 is 0 Å². The highest BCUT2D eigenvalue weighted by molar-refractivity contribution is 6.42. The van der Waals surface area contributed by atoms with Gasteiger partial charge in [0.05, 0.1) is 25.3 Å². The van der Waals surface area contributed by atoms with Crippen molar-refractivity contribution in [2.75, 3.05) is 20.8 Å². The maximum absolute atomic E-state index is 12.2. The van der Waals surface area contributed by atoms with Gasteiger partial charge in [0.2, 0.25) is 0 Å². The molecule has 5 nitrogen and oxygen atoms in total. The minimum Gasteiger partial charge on any atom is -0.497 e. The normalized spacial score (nSPS) is 11.6. The molecule has 0 saturated carbocycles. The van der Waals surface area contributed by atoms with E-state index in [2.05, 4.69) is 5.32 Å². The lowest BCUT2D eigenvalue weighted by atomic mass is 10.1. The Morgan fingerprint density at radius 1 is 1.12 bits per heavy atom. The minimum atomic E-state index is -0.298. The van der Waals surface area contributed by atoms with E-state index in [1.165, 1.54) is 0 Å². The quantitative estimate of drug-likeness (QED) is 0.775. The molecule has 0 aromatic heterocycles. The summed E-state index contributed by atoms with van der Waals surface area (Å²) in [7, 11) is 3.15. The molecule has 25 heavy (non-hydrogen) atoms. The van der Waals surface area contributed by atoms with Crippen molar-refractivity contribution in [3.63, 3.8) is 0 Å². The predicted molar refractivity (Wildman–Crippen MR) is 98.1 cm³/mol. The molecular weight excluding hydrogens is 365 g/mol. The summed E-state index contributed by atoms with van der Waals surface area (Å²) in [5.74, 6) is 1.40. The lowest BCUT2D eigenvalue weighted by Crippen LogP contribution is -2.31. The van der Waals surface area contributed by atoms with Crippen molar-refractivity contribution in [2.45, 2.75) is 13.0 Å². The van der Waals surface area contributed by atoms with E-state index in [-0.39, 0.29) is 23.6 Å². The lowest BCUT2D eigenvalue weighted by Gasteiger charge is -2.18. The first-order valence-corrected chi connectivity index (χ1v) is 8.30. The van der Waals surface area contributed by atoms with E-state index in [9.17, 15) is 4.79 Å². The molecule has 0 saturated heterocycles. The molecule has 0 aliphatic heterocycles. The van der Waals surface area contributed by atoms with E-state index in [1.54, 1.807) is 44.6 Å². The number of hydrogen-bond donors (Lipinski definition) is 1. The van der Waals surface area contributed by atoms with Crippen molar-refractivity contribution in [3.8, 4) is 17.2 Å². The molecule has 0 aliphatic carbocycles. The van der Waals surface area contributed by atoms with Gasteiger partial charge in [-0.15, -0.1) is 0 Å².